The van der Waals surface area contributed by atoms with E-state index in [9.17, 15) is 14.4 Å². The van der Waals surface area contributed by atoms with Crippen LogP contribution in [0.2, 0.25) is 0 Å². The number of carbonyl (C=O) groups excluding carboxylic acids is 3. The van der Waals surface area contributed by atoms with Gasteiger partial charge in [-0.05, 0) is 39.5 Å². The Bertz CT molecular complexity index is 477. The standard InChI is InChI=1S/C15H23N3O3/c1-10(2)18-13(20)15(16-14(18)21)6-8-17(9-7-15)12(19)11-4-3-5-11/h10-11H,3-9H2,1-2H3,(H,16,21). The maximum absolute atomic E-state index is 12.6. The summed E-state index contributed by atoms with van der Waals surface area (Å²) in [4.78, 5) is 40.0. The Kier molecular flexibility index (Phi) is 3.42. The fourth-order valence-corrected chi connectivity index (χ4v) is 3.47. The average Bonchev–Trinajstić information content (AvgIpc) is 2.59. The predicted octanol–water partition coefficient (Wildman–Crippen LogP) is 1.11. The predicted molar refractivity (Wildman–Crippen MR) is 76.4 cm³/mol. The minimum Gasteiger partial charge on any atom is -0.342 e. The van der Waals surface area contributed by atoms with E-state index in [1.54, 1.807) is 0 Å². The molecule has 0 unspecified atom stereocenters. The summed E-state index contributed by atoms with van der Waals surface area (Å²) in [5.41, 5.74) is -0.780. The molecule has 2 heterocycles. The fourth-order valence-electron chi connectivity index (χ4n) is 3.47. The molecule has 6 heteroatoms. The van der Waals surface area contributed by atoms with Crippen molar-refractivity contribution < 1.29 is 14.4 Å². The van der Waals surface area contributed by atoms with Gasteiger partial charge in [-0.15, -0.1) is 0 Å². The van der Waals surface area contributed by atoms with Crippen LogP contribution in [0.4, 0.5) is 4.79 Å². The number of urea groups is 1. The van der Waals surface area contributed by atoms with Gasteiger partial charge in [0.25, 0.3) is 5.91 Å². The summed E-state index contributed by atoms with van der Waals surface area (Å²) in [6, 6.07) is -0.430. The molecule has 1 N–H and O–H groups in total. The van der Waals surface area contributed by atoms with Gasteiger partial charge in [0.2, 0.25) is 5.91 Å². The molecule has 0 aromatic rings. The zero-order valence-corrected chi connectivity index (χ0v) is 12.7. The summed E-state index contributed by atoms with van der Waals surface area (Å²) in [6.07, 6.45) is 4.19. The van der Waals surface area contributed by atoms with Crippen molar-refractivity contribution in [1.29, 1.82) is 0 Å². The van der Waals surface area contributed by atoms with E-state index >= 15 is 0 Å². The highest BCUT2D eigenvalue weighted by Gasteiger charge is 2.53. The fraction of sp³-hybridized carbons (Fsp3) is 0.800. The molecule has 0 bridgehead atoms. The smallest absolute Gasteiger partial charge is 0.325 e. The second-order valence-electron chi connectivity index (χ2n) is 6.73. The number of carbonyl (C=O) groups is 3. The highest BCUT2D eigenvalue weighted by Crippen LogP contribution is 2.33. The molecular weight excluding hydrogens is 270 g/mol. The molecule has 2 aliphatic heterocycles. The van der Waals surface area contributed by atoms with Crippen LogP contribution in [0.5, 0.6) is 0 Å². The van der Waals surface area contributed by atoms with Gasteiger partial charge in [-0.1, -0.05) is 6.42 Å². The number of nitrogens with zero attached hydrogens (tertiary/aromatic N) is 2. The summed E-state index contributed by atoms with van der Waals surface area (Å²) < 4.78 is 0. The molecule has 6 nitrogen and oxygen atoms in total. The molecule has 3 aliphatic rings. The lowest BCUT2D eigenvalue weighted by Gasteiger charge is -2.40. The molecule has 0 aromatic heterocycles. The summed E-state index contributed by atoms with van der Waals surface area (Å²) in [5, 5.41) is 2.87. The van der Waals surface area contributed by atoms with Crippen LogP contribution in [0.1, 0.15) is 46.0 Å². The highest BCUT2D eigenvalue weighted by molar-refractivity contribution is 6.07. The summed E-state index contributed by atoms with van der Waals surface area (Å²) in [6.45, 7) is 4.80. The van der Waals surface area contributed by atoms with Gasteiger partial charge < -0.3 is 10.2 Å². The lowest BCUT2D eigenvalue weighted by molar-refractivity contribution is -0.143. The maximum atomic E-state index is 12.6. The van der Waals surface area contributed by atoms with Gasteiger partial charge in [0.15, 0.2) is 0 Å². The van der Waals surface area contributed by atoms with Crippen molar-refractivity contribution >= 4 is 17.8 Å². The summed E-state index contributed by atoms with van der Waals surface area (Å²) in [5.74, 6) is 0.298. The molecule has 0 aromatic carbocycles. The molecule has 0 radical (unpaired) electrons. The zero-order valence-electron chi connectivity index (χ0n) is 12.7. The van der Waals surface area contributed by atoms with Crippen molar-refractivity contribution in [2.24, 2.45) is 5.92 Å². The number of piperidine rings is 1. The normalized spacial score (nSPS) is 25.5. The van der Waals surface area contributed by atoms with Gasteiger partial charge >= 0.3 is 6.03 Å². The third kappa shape index (κ3) is 2.21. The van der Waals surface area contributed by atoms with Gasteiger partial charge in [0, 0.05) is 25.0 Å². The number of hydrogen-bond acceptors (Lipinski definition) is 3. The highest BCUT2D eigenvalue weighted by atomic mass is 16.2. The monoisotopic (exact) mass is 293 g/mol. The first kappa shape index (κ1) is 14.4. The maximum Gasteiger partial charge on any atom is 0.325 e. The molecule has 2 saturated heterocycles. The SMILES string of the molecule is CC(C)N1C(=O)NC2(CCN(C(=O)C3CCC3)CC2)C1=O. The van der Waals surface area contributed by atoms with E-state index in [2.05, 4.69) is 5.32 Å². The Hall–Kier alpha value is -1.59. The van der Waals surface area contributed by atoms with Crippen molar-refractivity contribution in [2.45, 2.75) is 57.5 Å². The van der Waals surface area contributed by atoms with E-state index in [0.29, 0.717) is 25.9 Å². The number of likely N-dealkylation sites (tertiary alicyclic amines) is 1. The second-order valence-corrected chi connectivity index (χ2v) is 6.73. The van der Waals surface area contributed by atoms with Gasteiger partial charge in [0.05, 0.1) is 0 Å². The molecule has 21 heavy (non-hydrogen) atoms. The zero-order chi connectivity index (χ0) is 15.2. The number of hydrogen-bond donors (Lipinski definition) is 1. The van der Waals surface area contributed by atoms with Crippen molar-refractivity contribution in [3.8, 4) is 0 Å². The first-order valence-corrected chi connectivity index (χ1v) is 7.89. The van der Waals surface area contributed by atoms with E-state index in [-0.39, 0.29) is 29.8 Å². The van der Waals surface area contributed by atoms with Crippen LogP contribution in [0.3, 0.4) is 0 Å². The lowest BCUT2D eigenvalue weighted by atomic mass is 9.82. The van der Waals surface area contributed by atoms with Crippen molar-refractivity contribution in [1.82, 2.24) is 15.1 Å². The molecule has 0 atom stereocenters. The molecule has 1 saturated carbocycles. The van der Waals surface area contributed by atoms with Crippen LogP contribution in [0, 0.1) is 5.92 Å². The Morgan fingerprint density at radius 1 is 1.24 bits per heavy atom. The number of nitrogens with one attached hydrogen (secondary N) is 1. The number of imide groups is 1. The molecule has 3 rings (SSSR count). The number of rotatable bonds is 2. The van der Waals surface area contributed by atoms with Crippen LogP contribution in [0.25, 0.3) is 0 Å². The molecule has 1 aliphatic carbocycles. The third-order valence-electron chi connectivity index (χ3n) is 5.09. The average molecular weight is 293 g/mol. The summed E-state index contributed by atoms with van der Waals surface area (Å²) >= 11 is 0. The van der Waals surface area contributed by atoms with Gasteiger partial charge in [-0.3, -0.25) is 14.5 Å². The third-order valence-corrected chi connectivity index (χ3v) is 5.09. The van der Waals surface area contributed by atoms with Crippen LogP contribution >= 0.6 is 0 Å². The molecule has 3 fully saturated rings. The largest absolute Gasteiger partial charge is 0.342 e. The topological polar surface area (TPSA) is 69.7 Å². The van der Waals surface area contributed by atoms with E-state index in [4.69, 9.17) is 0 Å². The van der Waals surface area contributed by atoms with Gasteiger partial charge in [-0.2, -0.15) is 0 Å². The van der Waals surface area contributed by atoms with E-state index in [0.717, 1.165) is 19.3 Å². The van der Waals surface area contributed by atoms with Crippen LogP contribution in [0.15, 0.2) is 0 Å². The minimum absolute atomic E-state index is 0.127. The van der Waals surface area contributed by atoms with E-state index < -0.39 is 5.54 Å². The van der Waals surface area contributed by atoms with Gasteiger partial charge in [-0.25, -0.2) is 4.79 Å². The van der Waals surface area contributed by atoms with E-state index in [1.165, 1.54) is 4.90 Å². The van der Waals surface area contributed by atoms with Crippen LogP contribution in [-0.2, 0) is 9.59 Å². The molecular formula is C15H23N3O3. The van der Waals surface area contributed by atoms with Crippen molar-refractivity contribution in [3.05, 3.63) is 0 Å². The minimum atomic E-state index is -0.780. The number of amides is 4. The first-order valence-electron chi connectivity index (χ1n) is 7.89. The van der Waals surface area contributed by atoms with Crippen LogP contribution < -0.4 is 5.32 Å². The lowest BCUT2D eigenvalue weighted by Crippen LogP contribution is -2.57. The van der Waals surface area contributed by atoms with Crippen molar-refractivity contribution in [3.63, 3.8) is 0 Å². The molecule has 4 amide bonds. The Morgan fingerprint density at radius 2 is 1.86 bits per heavy atom. The molecule has 116 valence electrons. The van der Waals surface area contributed by atoms with E-state index in [1.807, 2.05) is 18.7 Å². The Balaban J connectivity index is 1.66. The van der Waals surface area contributed by atoms with Crippen LogP contribution in [-0.4, -0.2) is 52.3 Å². The second kappa shape index (κ2) is 5.00. The summed E-state index contributed by atoms with van der Waals surface area (Å²) in [7, 11) is 0. The van der Waals surface area contributed by atoms with Gasteiger partial charge in [0.1, 0.15) is 5.54 Å². The van der Waals surface area contributed by atoms with Crippen molar-refractivity contribution in [2.75, 3.05) is 13.1 Å². The first-order chi connectivity index (χ1) is 9.94. The Morgan fingerprint density at radius 3 is 2.29 bits per heavy atom. The Labute approximate surface area is 124 Å². The quantitative estimate of drug-likeness (QED) is 0.775. The molecule has 1 spiro atoms.